The number of pyridine rings is 1. The first-order valence-corrected chi connectivity index (χ1v) is 8.00. The van der Waals surface area contributed by atoms with E-state index in [0.29, 0.717) is 0 Å². The van der Waals surface area contributed by atoms with Gasteiger partial charge in [0.1, 0.15) is 5.75 Å². The molecule has 0 aliphatic heterocycles. The highest BCUT2D eigenvalue weighted by atomic mass is 16.5. The zero-order chi connectivity index (χ0) is 16.1. The Bertz CT molecular complexity index is 1060. The Labute approximate surface area is 135 Å². The number of ether oxygens (including phenoxy) is 1. The van der Waals surface area contributed by atoms with Crippen LogP contribution in [0.5, 0.6) is 5.75 Å². The van der Waals surface area contributed by atoms with Crippen molar-refractivity contribution >= 4 is 32.6 Å². The molecule has 0 radical (unpaired) electrons. The predicted molar refractivity (Wildman–Crippen MR) is 96.4 cm³/mol. The van der Waals surface area contributed by atoms with Crippen LogP contribution in [0.2, 0.25) is 0 Å². The molecule has 2 aromatic carbocycles. The molecule has 2 heterocycles. The van der Waals surface area contributed by atoms with Gasteiger partial charge in [0.2, 0.25) is 0 Å². The third-order valence-corrected chi connectivity index (χ3v) is 4.95. The topological polar surface area (TPSA) is 27.1 Å². The Hall–Kier alpha value is -2.55. The Kier molecular flexibility index (Phi) is 3.05. The number of hydrogen-bond donors (Lipinski definition) is 0. The lowest BCUT2D eigenvalue weighted by molar-refractivity contribution is 0.415. The van der Waals surface area contributed by atoms with Crippen molar-refractivity contribution < 1.29 is 4.74 Å². The first kappa shape index (κ1) is 14.1. The van der Waals surface area contributed by atoms with Crippen molar-refractivity contribution in [3.05, 3.63) is 47.8 Å². The normalized spacial score (nSPS) is 11.7. The van der Waals surface area contributed by atoms with E-state index in [0.717, 1.165) is 12.3 Å². The van der Waals surface area contributed by atoms with Crippen molar-refractivity contribution in [2.75, 3.05) is 7.11 Å². The fourth-order valence-corrected chi connectivity index (χ4v) is 3.84. The van der Waals surface area contributed by atoms with E-state index < -0.39 is 0 Å². The third kappa shape index (κ3) is 1.79. The number of nitrogens with zero attached hydrogens (tertiary/aromatic N) is 2. The van der Waals surface area contributed by atoms with Crippen LogP contribution in [0.4, 0.5) is 0 Å². The van der Waals surface area contributed by atoms with E-state index in [2.05, 4.69) is 48.5 Å². The zero-order valence-corrected chi connectivity index (χ0v) is 14.0. The van der Waals surface area contributed by atoms with E-state index >= 15 is 0 Å². The number of hydrogen-bond acceptors (Lipinski definition) is 2. The predicted octanol–water partition coefficient (Wildman–Crippen LogP) is 4.99. The monoisotopic (exact) mass is 304 g/mol. The first-order valence-electron chi connectivity index (χ1n) is 8.00. The minimum atomic E-state index is 0.899. The van der Waals surface area contributed by atoms with E-state index in [4.69, 9.17) is 4.74 Å². The van der Waals surface area contributed by atoms with Gasteiger partial charge in [-0.15, -0.1) is 0 Å². The minimum absolute atomic E-state index is 0.899. The van der Waals surface area contributed by atoms with Gasteiger partial charge in [0.15, 0.2) is 0 Å². The number of methoxy groups -OCH3 is 1. The van der Waals surface area contributed by atoms with Gasteiger partial charge in [-0.3, -0.25) is 4.98 Å². The number of rotatable bonds is 2. The van der Waals surface area contributed by atoms with Gasteiger partial charge in [-0.25, -0.2) is 0 Å². The van der Waals surface area contributed by atoms with Crippen LogP contribution in [0.25, 0.3) is 32.6 Å². The van der Waals surface area contributed by atoms with Crippen molar-refractivity contribution in [3.63, 3.8) is 0 Å². The molecule has 0 spiro atoms. The Balaban J connectivity index is 2.34. The van der Waals surface area contributed by atoms with Gasteiger partial charge in [0.25, 0.3) is 0 Å². The molecule has 0 bridgehead atoms. The van der Waals surface area contributed by atoms with Crippen LogP contribution in [0.1, 0.15) is 18.1 Å². The molecule has 116 valence electrons. The van der Waals surface area contributed by atoms with Crippen LogP contribution in [-0.4, -0.2) is 16.7 Å². The van der Waals surface area contributed by atoms with E-state index in [1.807, 2.05) is 18.5 Å². The fourth-order valence-electron chi connectivity index (χ4n) is 3.84. The number of aromatic nitrogens is 2. The van der Waals surface area contributed by atoms with Crippen LogP contribution in [0, 0.1) is 13.8 Å². The number of benzene rings is 2. The molecule has 0 saturated carbocycles. The third-order valence-electron chi connectivity index (χ3n) is 4.95. The smallest absolute Gasteiger partial charge is 0.119 e. The lowest BCUT2D eigenvalue weighted by Crippen LogP contribution is -1.96. The van der Waals surface area contributed by atoms with E-state index in [1.165, 1.54) is 43.7 Å². The summed E-state index contributed by atoms with van der Waals surface area (Å²) in [6.07, 6.45) is 3.86. The SMILES string of the molecule is CCn1c2ccc(OC)cc2c2c(C)c3cnccc3c(C)c21. The highest BCUT2D eigenvalue weighted by Gasteiger charge is 2.17. The largest absolute Gasteiger partial charge is 0.497 e. The molecular weight excluding hydrogens is 284 g/mol. The molecule has 0 amide bonds. The molecular formula is C20H20N2O. The maximum absolute atomic E-state index is 5.45. The molecule has 3 nitrogen and oxygen atoms in total. The summed E-state index contributed by atoms with van der Waals surface area (Å²) >= 11 is 0. The molecule has 0 aliphatic carbocycles. The van der Waals surface area contributed by atoms with Gasteiger partial charge in [-0.2, -0.15) is 0 Å². The lowest BCUT2D eigenvalue weighted by Gasteiger charge is -2.11. The van der Waals surface area contributed by atoms with Gasteiger partial charge >= 0.3 is 0 Å². The van der Waals surface area contributed by atoms with Crippen LogP contribution < -0.4 is 4.74 Å². The van der Waals surface area contributed by atoms with Gasteiger partial charge < -0.3 is 9.30 Å². The van der Waals surface area contributed by atoms with Gasteiger partial charge in [0.05, 0.1) is 12.6 Å². The van der Waals surface area contributed by atoms with Crippen LogP contribution in [0.15, 0.2) is 36.7 Å². The van der Waals surface area contributed by atoms with Crippen molar-refractivity contribution in [1.29, 1.82) is 0 Å². The quantitative estimate of drug-likeness (QED) is 0.522. The Morgan fingerprint density at radius 2 is 1.87 bits per heavy atom. The summed E-state index contributed by atoms with van der Waals surface area (Å²) in [6.45, 7) is 7.56. The van der Waals surface area contributed by atoms with Crippen LogP contribution in [0.3, 0.4) is 0 Å². The number of fused-ring (bicyclic) bond motifs is 4. The van der Waals surface area contributed by atoms with Crippen LogP contribution >= 0.6 is 0 Å². The van der Waals surface area contributed by atoms with Crippen molar-refractivity contribution in [2.24, 2.45) is 0 Å². The Morgan fingerprint density at radius 3 is 2.61 bits per heavy atom. The van der Waals surface area contributed by atoms with Crippen LogP contribution in [-0.2, 0) is 6.54 Å². The molecule has 0 unspecified atom stereocenters. The average Bonchev–Trinajstić information content (AvgIpc) is 2.93. The van der Waals surface area contributed by atoms with E-state index in [1.54, 1.807) is 7.11 Å². The molecule has 3 heteroatoms. The standard InChI is InChI=1S/C20H20N2O/c1-5-22-18-7-6-14(23-4)10-16(18)19-12(2)17-11-21-9-8-15(17)13(3)20(19)22/h6-11H,5H2,1-4H3. The molecule has 2 aromatic heterocycles. The summed E-state index contributed by atoms with van der Waals surface area (Å²) in [5, 5.41) is 5.09. The highest BCUT2D eigenvalue weighted by molar-refractivity contribution is 6.17. The molecule has 0 fully saturated rings. The molecule has 23 heavy (non-hydrogen) atoms. The maximum Gasteiger partial charge on any atom is 0.119 e. The first-order chi connectivity index (χ1) is 11.2. The Morgan fingerprint density at radius 1 is 1.04 bits per heavy atom. The second-order valence-corrected chi connectivity index (χ2v) is 6.02. The van der Waals surface area contributed by atoms with Gasteiger partial charge in [-0.1, -0.05) is 0 Å². The molecule has 4 aromatic rings. The maximum atomic E-state index is 5.45. The minimum Gasteiger partial charge on any atom is -0.497 e. The van der Waals surface area contributed by atoms with Crippen molar-refractivity contribution in [1.82, 2.24) is 9.55 Å². The summed E-state index contributed by atoms with van der Waals surface area (Å²) in [7, 11) is 1.72. The summed E-state index contributed by atoms with van der Waals surface area (Å²) in [5.74, 6) is 0.899. The molecule has 4 rings (SSSR count). The molecule has 0 atom stereocenters. The summed E-state index contributed by atoms with van der Waals surface area (Å²) in [6, 6.07) is 8.48. The summed E-state index contributed by atoms with van der Waals surface area (Å²) in [4.78, 5) is 4.33. The van der Waals surface area contributed by atoms with Crippen molar-refractivity contribution in [3.8, 4) is 5.75 Å². The zero-order valence-electron chi connectivity index (χ0n) is 14.0. The van der Waals surface area contributed by atoms with E-state index in [-0.39, 0.29) is 0 Å². The number of aryl methyl sites for hydroxylation is 3. The summed E-state index contributed by atoms with van der Waals surface area (Å²) in [5.41, 5.74) is 5.20. The second kappa shape index (κ2) is 4.98. The highest BCUT2D eigenvalue weighted by Crippen LogP contribution is 2.39. The van der Waals surface area contributed by atoms with Crippen molar-refractivity contribution in [2.45, 2.75) is 27.3 Å². The van der Waals surface area contributed by atoms with Gasteiger partial charge in [-0.05, 0) is 61.5 Å². The summed E-state index contributed by atoms with van der Waals surface area (Å²) < 4.78 is 7.86. The average molecular weight is 304 g/mol. The molecule has 0 saturated heterocycles. The molecule has 0 aliphatic rings. The second-order valence-electron chi connectivity index (χ2n) is 6.02. The fraction of sp³-hybridized carbons (Fsp3) is 0.250. The molecule has 0 N–H and O–H groups in total. The van der Waals surface area contributed by atoms with E-state index in [9.17, 15) is 0 Å². The lowest BCUT2D eigenvalue weighted by atomic mass is 9.97. The van der Waals surface area contributed by atoms with Gasteiger partial charge in [0, 0.05) is 40.6 Å².